The average molecular weight is 516 g/mol. The van der Waals surface area contributed by atoms with Gasteiger partial charge in [0.15, 0.2) is 9.84 Å². The molecule has 2 heterocycles. The van der Waals surface area contributed by atoms with Crippen LogP contribution in [0.1, 0.15) is 50.7 Å². The fourth-order valence-corrected chi connectivity index (χ4v) is 7.24. The molecule has 9 heteroatoms. The first-order valence-electron chi connectivity index (χ1n) is 12.5. The first-order valence-corrected chi connectivity index (χ1v) is 14.0. The molecule has 2 saturated heterocycles. The SMILES string of the molecule is CCC(C)c1ccc([C@]2(S(=O)(=O)c3ccc(F)cc3)CCN(C(=O)N3CCN(C(C)=O)CC3)C2)cc1. The lowest BCUT2D eigenvalue weighted by atomic mass is 9.92. The summed E-state index contributed by atoms with van der Waals surface area (Å²) in [5, 5.41) is 0. The van der Waals surface area contributed by atoms with Gasteiger partial charge in [0.05, 0.1) is 4.90 Å². The zero-order chi connectivity index (χ0) is 26.1. The summed E-state index contributed by atoms with van der Waals surface area (Å²) in [5.74, 6) is -0.179. The molecular formula is C27H34FN3O4S. The molecule has 0 radical (unpaired) electrons. The second-order valence-corrected chi connectivity index (χ2v) is 12.1. The van der Waals surface area contributed by atoms with E-state index in [2.05, 4.69) is 13.8 Å². The first kappa shape index (κ1) is 26.1. The number of amides is 3. The van der Waals surface area contributed by atoms with Crippen LogP contribution in [0.3, 0.4) is 0 Å². The van der Waals surface area contributed by atoms with Crippen LogP contribution < -0.4 is 0 Å². The number of hydrogen-bond acceptors (Lipinski definition) is 4. The number of piperazine rings is 1. The molecule has 4 rings (SSSR count). The van der Waals surface area contributed by atoms with Crippen LogP contribution in [0.5, 0.6) is 0 Å². The minimum Gasteiger partial charge on any atom is -0.339 e. The van der Waals surface area contributed by atoms with Gasteiger partial charge in [0.25, 0.3) is 0 Å². The second kappa shape index (κ2) is 10.2. The van der Waals surface area contributed by atoms with Crippen molar-refractivity contribution in [2.75, 3.05) is 39.3 Å². The van der Waals surface area contributed by atoms with Crippen molar-refractivity contribution in [2.45, 2.75) is 49.2 Å². The van der Waals surface area contributed by atoms with Crippen molar-refractivity contribution < 1.29 is 22.4 Å². The molecule has 2 aromatic rings. The standard InChI is InChI=1S/C27H34FN3O4S/c1-4-20(2)22-5-7-23(8-6-22)27(36(34,35)25-11-9-24(28)10-12-25)13-14-31(19-27)26(33)30-17-15-29(16-18-30)21(3)32/h5-12,20H,4,13-19H2,1-3H3/t20?,27-/m0/s1. The maximum Gasteiger partial charge on any atom is 0.320 e. The molecule has 3 amide bonds. The van der Waals surface area contributed by atoms with Crippen LogP contribution in [-0.4, -0.2) is 74.3 Å². The minimum absolute atomic E-state index is 0.0150. The average Bonchev–Trinajstić information content (AvgIpc) is 3.35. The van der Waals surface area contributed by atoms with Gasteiger partial charge >= 0.3 is 6.03 Å². The van der Waals surface area contributed by atoms with Crippen molar-refractivity contribution in [3.8, 4) is 0 Å². The summed E-state index contributed by atoms with van der Waals surface area (Å²) < 4.78 is 40.4. The van der Waals surface area contributed by atoms with Crippen LogP contribution in [0.2, 0.25) is 0 Å². The van der Waals surface area contributed by atoms with E-state index in [0.29, 0.717) is 44.2 Å². The molecule has 2 atom stereocenters. The molecule has 36 heavy (non-hydrogen) atoms. The molecule has 2 fully saturated rings. The van der Waals surface area contributed by atoms with E-state index in [-0.39, 0.29) is 29.8 Å². The molecule has 194 valence electrons. The number of halogens is 1. The second-order valence-electron chi connectivity index (χ2n) is 9.83. The van der Waals surface area contributed by atoms with Crippen molar-refractivity contribution in [3.05, 3.63) is 65.5 Å². The molecule has 7 nitrogen and oxygen atoms in total. The smallest absolute Gasteiger partial charge is 0.320 e. The highest BCUT2D eigenvalue weighted by molar-refractivity contribution is 7.92. The van der Waals surface area contributed by atoms with E-state index < -0.39 is 20.4 Å². The molecule has 0 aromatic heterocycles. The van der Waals surface area contributed by atoms with Crippen LogP contribution in [0.4, 0.5) is 9.18 Å². The Bertz CT molecular complexity index is 1210. The normalized spacial score (nSPS) is 21.5. The highest BCUT2D eigenvalue weighted by Crippen LogP contribution is 2.44. The van der Waals surface area contributed by atoms with Gasteiger partial charge in [-0.2, -0.15) is 0 Å². The third-order valence-electron chi connectivity index (χ3n) is 7.75. The van der Waals surface area contributed by atoms with Crippen LogP contribution in [0, 0.1) is 5.82 Å². The molecule has 0 aliphatic carbocycles. The van der Waals surface area contributed by atoms with Gasteiger partial charge in [0, 0.05) is 46.2 Å². The molecule has 0 bridgehead atoms. The molecule has 2 aliphatic heterocycles. The number of benzene rings is 2. The van der Waals surface area contributed by atoms with E-state index in [9.17, 15) is 22.4 Å². The van der Waals surface area contributed by atoms with Crippen molar-refractivity contribution >= 4 is 21.8 Å². The Balaban J connectivity index is 1.66. The molecule has 0 spiro atoms. The highest BCUT2D eigenvalue weighted by atomic mass is 32.2. The topological polar surface area (TPSA) is 78.0 Å². The summed E-state index contributed by atoms with van der Waals surface area (Å²) in [5.41, 5.74) is 1.76. The maximum atomic E-state index is 14.1. The molecule has 0 N–H and O–H groups in total. The van der Waals surface area contributed by atoms with Gasteiger partial charge in [-0.1, -0.05) is 38.1 Å². The summed E-state index contributed by atoms with van der Waals surface area (Å²) in [7, 11) is -3.96. The van der Waals surface area contributed by atoms with Crippen LogP contribution in [-0.2, 0) is 19.4 Å². The zero-order valence-electron chi connectivity index (χ0n) is 21.1. The minimum atomic E-state index is -3.96. The predicted octanol–water partition coefficient (Wildman–Crippen LogP) is 4.00. The van der Waals surface area contributed by atoms with Crippen LogP contribution >= 0.6 is 0 Å². The summed E-state index contributed by atoms with van der Waals surface area (Å²) in [6, 6.07) is 12.3. The summed E-state index contributed by atoms with van der Waals surface area (Å²) in [4.78, 5) is 30.1. The number of carbonyl (C=O) groups is 2. The fraction of sp³-hybridized carbons (Fsp3) is 0.481. The van der Waals surface area contributed by atoms with Crippen molar-refractivity contribution in [3.63, 3.8) is 0 Å². The Morgan fingerprint density at radius 2 is 1.50 bits per heavy atom. The fourth-order valence-electron chi connectivity index (χ4n) is 5.16. The molecule has 2 aromatic carbocycles. The number of urea groups is 1. The van der Waals surface area contributed by atoms with Crippen molar-refractivity contribution in [1.82, 2.24) is 14.7 Å². The summed E-state index contributed by atoms with van der Waals surface area (Å²) in [6.45, 7) is 7.81. The first-order chi connectivity index (χ1) is 17.1. The molecule has 0 saturated carbocycles. The lowest BCUT2D eigenvalue weighted by Crippen LogP contribution is -2.54. The van der Waals surface area contributed by atoms with E-state index in [1.807, 2.05) is 24.3 Å². The van der Waals surface area contributed by atoms with E-state index in [1.54, 1.807) is 14.7 Å². The Morgan fingerprint density at radius 3 is 2.06 bits per heavy atom. The van der Waals surface area contributed by atoms with Crippen molar-refractivity contribution in [2.24, 2.45) is 0 Å². The van der Waals surface area contributed by atoms with E-state index >= 15 is 0 Å². The summed E-state index contributed by atoms with van der Waals surface area (Å²) >= 11 is 0. The predicted molar refractivity (Wildman–Crippen MR) is 136 cm³/mol. The quantitative estimate of drug-likeness (QED) is 0.564. The lowest BCUT2D eigenvalue weighted by Gasteiger charge is -2.37. The zero-order valence-corrected chi connectivity index (χ0v) is 21.9. The number of nitrogens with zero attached hydrogens (tertiary/aromatic N) is 3. The lowest BCUT2D eigenvalue weighted by molar-refractivity contribution is -0.130. The molecular weight excluding hydrogens is 481 g/mol. The van der Waals surface area contributed by atoms with E-state index in [4.69, 9.17) is 0 Å². The summed E-state index contributed by atoms with van der Waals surface area (Å²) in [6.07, 6.45) is 1.21. The van der Waals surface area contributed by atoms with Crippen LogP contribution in [0.25, 0.3) is 0 Å². The Labute approximate surface area is 212 Å². The monoisotopic (exact) mass is 515 g/mol. The van der Waals surface area contributed by atoms with Gasteiger partial charge in [-0.05, 0) is 54.2 Å². The van der Waals surface area contributed by atoms with Gasteiger partial charge in [0.1, 0.15) is 10.6 Å². The van der Waals surface area contributed by atoms with Gasteiger partial charge in [-0.25, -0.2) is 17.6 Å². The van der Waals surface area contributed by atoms with Crippen LogP contribution in [0.15, 0.2) is 53.4 Å². The van der Waals surface area contributed by atoms with Gasteiger partial charge in [-0.15, -0.1) is 0 Å². The number of likely N-dealkylation sites (tertiary alicyclic amines) is 1. The van der Waals surface area contributed by atoms with Gasteiger partial charge in [-0.3, -0.25) is 4.79 Å². The third-order valence-corrected chi connectivity index (χ3v) is 10.2. The van der Waals surface area contributed by atoms with E-state index in [1.165, 1.54) is 19.1 Å². The third kappa shape index (κ3) is 4.73. The number of rotatable bonds is 5. The number of carbonyl (C=O) groups excluding carboxylic acids is 2. The maximum absolute atomic E-state index is 14.1. The number of sulfone groups is 1. The van der Waals surface area contributed by atoms with Gasteiger partial charge in [0.2, 0.25) is 5.91 Å². The molecule has 2 aliphatic rings. The van der Waals surface area contributed by atoms with Crippen molar-refractivity contribution in [1.29, 1.82) is 0 Å². The van der Waals surface area contributed by atoms with E-state index in [0.717, 1.165) is 24.1 Å². The Morgan fingerprint density at radius 1 is 0.917 bits per heavy atom. The molecule has 1 unspecified atom stereocenters. The largest absolute Gasteiger partial charge is 0.339 e. The van der Waals surface area contributed by atoms with Gasteiger partial charge < -0.3 is 14.7 Å². The Hall–Kier alpha value is -2.94. The number of hydrogen-bond donors (Lipinski definition) is 0. The highest BCUT2D eigenvalue weighted by Gasteiger charge is 2.52. The Kier molecular flexibility index (Phi) is 7.41.